The van der Waals surface area contributed by atoms with E-state index in [4.69, 9.17) is 4.42 Å². The number of carbonyl (C=O) groups excluding carboxylic acids is 1. The van der Waals surface area contributed by atoms with Crippen LogP contribution in [-0.4, -0.2) is 35.4 Å². The molecule has 146 valence electrons. The van der Waals surface area contributed by atoms with Crippen molar-refractivity contribution in [1.82, 2.24) is 15.1 Å². The van der Waals surface area contributed by atoms with Crippen molar-refractivity contribution in [2.45, 2.75) is 19.9 Å². The summed E-state index contributed by atoms with van der Waals surface area (Å²) in [4.78, 5) is 14.7. The van der Waals surface area contributed by atoms with E-state index in [1.807, 2.05) is 12.1 Å². The molecule has 0 saturated carbocycles. The lowest BCUT2D eigenvalue weighted by Gasteiger charge is -2.19. The van der Waals surface area contributed by atoms with Gasteiger partial charge in [0.2, 0.25) is 0 Å². The predicted molar refractivity (Wildman–Crippen MR) is 109 cm³/mol. The minimum Gasteiger partial charge on any atom is -0.467 e. The quantitative estimate of drug-likeness (QED) is 0.688. The molecule has 2 amide bonds. The van der Waals surface area contributed by atoms with Crippen LogP contribution in [0.15, 0.2) is 59.3 Å². The van der Waals surface area contributed by atoms with Gasteiger partial charge in [-0.3, -0.25) is 5.32 Å². The van der Waals surface area contributed by atoms with Crippen LogP contribution >= 0.6 is 0 Å². The number of nitrogens with one attached hydrogen (secondary N) is 2. The highest BCUT2D eigenvalue weighted by Gasteiger charge is 2.23. The van der Waals surface area contributed by atoms with E-state index in [0.29, 0.717) is 24.8 Å². The number of hydrogen-bond acceptors (Lipinski definition) is 4. The van der Waals surface area contributed by atoms with E-state index in [0.717, 1.165) is 25.3 Å². The maximum absolute atomic E-state index is 12.3. The number of anilines is 2. The highest BCUT2D eigenvalue weighted by Crippen LogP contribution is 2.23. The Kier molecular flexibility index (Phi) is 5.32. The summed E-state index contributed by atoms with van der Waals surface area (Å²) >= 11 is 0. The zero-order valence-corrected chi connectivity index (χ0v) is 16.0. The van der Waals surface area contributed by atoms with Crippen LogP contribution in [0.4, 0.5) is 16.3 Å². The fourth-order valence-corrected chi connectivity index (χ4v) is 3.50. The van der Waals surface area contributed by atoms with Crippen LogP contribution in [-0.2, 0) is 6.54 Å². The van der Waals surface area contributed by atoms with Crippen LogP contribution in [0.5, 0.6) is 0 Å². The molecule has 1 atom stereocenters. The zero-order chi connectivity index (χ0) is 19.3. The van der Waals surface area contributed by atoms with Crippen LogP contribution < -0.4 is 15.5 Å². The number of furan rings is 1. The van der Waals surface area contributed by atoms with E-state index in [-0.39, 0.29) is 6.03 Å². The molecule has 7 heteroatoms. The number of urea groups is 1. The van der Waals surface area contributed by atoms with Gasteiger partial charge in [0.15, 0.2) is 0 Å². The van der Waals surface area contributed by atoms with E-state index in [2.05, 4.69) is 51.8 Å². The summed E-state index contributed by atoms with van der Waals surface area (Å²) in [6, 6.07) is 13.9. The monoisotopic (exact) mass is 379 g/mol. The van der Waals surface area contributed by atoms with Crippen LogP contribution in [0.1, 0.15) is 17.7 Å². The van der Waals surface area contributed by atoms with Crippen molar-refractivity contribution in [3.8, 4) is 0 Å². The number of nitrogens with zero attached hydrogens (tertiary/aromatic N) is 3. The topological polar surface area (TPSA) is 75.3 Å². The summed E-state index contributed by atoms with van der Waals surface area (Å²) in [5.41, 5.74) is 2.52. The van der Waals surface area contributed by atoms with Gasteiger partial charge in [0, 0.05) is 31.4 Å². The molecule has 3 aromatic rings. The van der Waals surface area contributed by atoms with Gasteiger partial charge < -0.3 is 14.6 Å². The molecular weight excluding hydrogens is 354 g/mol. The molecule has 1 aromatic carbocycles. The highest BCUT2D eigenvalue weighted by molar-refractivity contribution is 5.88. The lowest BCUT2D eigenvalue weighted by atomic mass is 10.1. The van der Waals surface area contributed by atoms with Gasteiger partial charge in [0.1, 0.15) is 18.1 Å². The molecule has 1 saturated heterocycles. The first-order valence-corrected chi connectivity index (χ1v) is 9.58. The van der Waals surface area contributed by atoms with Crippen molar-refractivity contribution in [1.29, 1.82) is 0 Å². The minimum atomic E-state index is -0.213. The fourth-order valence-electron chi connectivity index (χ4n) is 3.50. The first-order chi connectivity index (χ1) is 13.7. The average Bonchev–Trinajstić information content (AvgIpc) is 3.44. The molecule has 2 N–H and O–H groups in total. The normalized spacial score (nSPS) is 16.3. The standard InChI is InChI=1S/C21H25N5O2/c1-16-4-6-18(7-5-16)25-11-9-17(14-25)13-22-21(27)24-20-8-10-23-26(20)15-19-3-2-12-28-19/h2-8,10,12,17H,9,11,13-15H2,1H3,(H2,22,24,27)/t17-/m0/s1. The van der Waals surface area contributed by atoms with Gasteiger partial charge in [0.25, 0.3) is 0 Å². The van der Waals surface area contributed by atoms with Crippen molar-refractivity contribution in [2.75, 3.05) is 29.9 Å². The number of hydrogen-bond donors (Lipinski definition) is 2. The van der Waals surface area contributed by atoms with E-state index in [1.54, 1.807) is 23.2 Å². The Bertz CT molecular complexity index is 901. The van der Waals surface area contributed by atoms with Crippen molar-refractivity contribution in [2.24, 2.45) is 5.92 Å². The molecule has 3 heterocycles. The fraction of sp³-hybridized carbons (Fsp3) is 0.333. The molecule has 0 unspecified atom stereocenters. The van der Waals surface area contributed by atoms with Crippen molar-refractivity contribution >= 4 is 17.5 Å². The Morgan fingerprint density at radius 2 is 2.11 bits per heavy atom. The number of aryl methyl sites for hydroxylation is 1. The molecule has 1 aliphatic rings. The number of benzene rings is 1. The maximum atomic E-state index is 12.3. The summed E-state index contributed by atoms with van der Waals surface area (Å²) in [7, 11) is 0. The molecule has 7 nitrogen and oxygen atoms in total. The van der Waals surface area contributed by atoms with Gasteiger partial charge in [-0.25, -0.2) is 9.48 Å². The Hall–Kier alpha value is -3.22. The third-order valence-corrected chi connectivity index (χ3v) is 5.08. The van der Waals surface area contributed by atoms with Crippen molar-refractivity contribution < 1.29 is 9.21 Å². The number of rotatable bonds is 6. The van der Waals surface area contributed by atoms with Gasteiger partial charge in [-0.05, 0) is 43.5 Å². The summed E-state index contributed by atoms with van der Waals surface area (Å²) < 4.78 is 7.04. The number of aromatic nitrogens is 2. The summed E-state index contributed by atoms with van der Waals surface area (Å²) in [5.74, 6) is 1.87. The van der Waals surface area contributed by atoms with E-state index in [1.165, 1.54) is 11.3 Å². The highest BCUT2D eigenvalue weighted by atomic mass is 16.3. The molecule has 1 fully saturated rings. The molecule has 0 aliphatic carbocycles. The van der Waals surface area contributed by atoms with E-state index < -0.39 is 0 Å². The molecule has 4 rings (SSSR count). The second kappa shape index (κ2) is 8.21. The average molecular weight is 379 g/mol. The molecule has 0 radical (unpaired) electrons. The molecule has 28 heavy (non-hydrogen) atoms. The van der Waals surface area contributed by atoms with E-state index in [9.17, 15) is 4.79 Å². The zero-order valence-electron chi connectivity index (χ0n) is 16.0. The van der Waals surface area contributed by atoms with Gasteiger partial charge in [-0.2, -0.15) is 5.10 Å². The minimum absolute atomic E-state index is 0.213. The van der Waals surface area contributed by atoms with Gasteiger partial charge in [0.05, 0.1) is 12.5 Å². The maximum Gasteiger partial charge on any atom is 0.320 e. The van der Waals surface area contributed by atoms with Crippen LogP contribution in [0.25, 0.3) is 0 Å². The summed E-state index contributed by atoms with van der Waals surface area (Å²) in [6.45, 7) is 5.21. The number of carbonyl (C=O) groups is 1. The van der Waals surface area contributed by atoms with Crippen molar-refractivity contribution in [3.63, 3.8) is 0 Å². The second-order valence-corrected chi connectivity index (χ2v) is 7.22. The lowest BCUT2D eigenvalue weighted by Crippen LogP contribution is -2.34. The number of amides is 2. The third-order valence-electron chi connectivity index (χ3n) is 5.08. The summed E-state index contributed by atoms with van der Waals surface area (Å²) in [6.07, 6.45) is 4.36. The Balaban J connectivity index is 1.25. The molecular formula is C21H25N5O2. The SMILES string of the molecule is Cc1ccc(N2CC[C@@H](CNC(=O)Nc3ccnn3Cc3ccco3)C2)cc1. The summed E-state index contributed by atoms with van der Waals surface area (Å²) in [5, 5.41) is 10.1. The molecule has 0 bridgehead atoms. The van der Waals surface area contributed by atoms with Crippen LogP contribution in [0, 0.1) is 12.8 Å². The Morgan fingerprint density at radius 1 is 1.25 bits per heavy atom. The lowest BCUT2D eigenvalue weighted by molar-refractivity contribution is 0.250. The van der Waals surface area contributed by atoms with Gasteiger partial charge >= 0.3 is 6.03 Å². The van der Waals surface area contributed by atoms with E-state index >= 15 is 0 Å². The molecule has 1 aliphatic heterocycles. The second-order valence-electron chi connectivity index (χ2n) is 7.22. The first kappa shape index (κ1) is 18.2. The van der Waals surface area contributed by atoms with Gasteiger partial charge in [-0.1, -0.05) is 17.7 Å². The predicted octanol–water partition coefficient (Wildman–Crippen LogP) is 3.48. The smallest absolute Gasteiger partial charge is 0.320 e. The van der Waals surface area contributed by atoms with Crippen LogP contribution in [0.3, 0.4) is 0 Å². The van der Waals surface area contributed by atoms with Crippen LogP contribution in [0.2, 0.25) is 0 Å². The molecule has 0 spiro atoms. The molecule has 2 aromatic heterocycles. The van der Waals surface area contributed by atoms with Crippen molar-refractivity contribution in [3.05, 3.63) is 66.2 Å². The Labute approximate surface area is 164 Å². The van der Waals surface area contributed by atoms with Gasteiger partial charge in [-0.15, -0.1) is 0 Å². The Morgan fingerprint density at radius 3 is 2.89 bits per heavy atom. The third kappa shape index (κ3) is 4.36. The largest absolute Gasteiger partial charge is 0.467 e. The first-order valence-electron chi connectivity index (χ1n) is 9.58.